The second-order valence-electron chi connectivity index (χ2n) is 5.20. The third kappa shape index (κ3) is 5.00. The minimum atomic E-state index is -0.944. The maximum absolute atomic E-state index is 12.0. The molecule has 0 atom stereocenters. The molecule has 0 unspecified atom stereocenters. The first-order valence-corrected chi connectivity index (χ1v) is 6.84. The predicted molar refractivity (Wildman–Crippen MR) is 75.2 cm³/mol. The zero-order valence-electron chi connectivity index (χ0n) is 11.7. The lowest BCUT2D eigenvalue weighted by Gasteiger charge is -2.27. The summed E-state index contributed by atoms with van der Waals surface area (Å²) in [5.41, 5.74) is -0.944. The van der Waals surface area contributed by atoms with Crippen molar-refractivity contribution in [2.45, 2.75) is 19.4 Å². The highest BCUT2D eigenvalue weighted by atomic mass is 32.1. The Labute approximate surface area is 117 Å². The molecule has 1 rings (SSSR count). The Morgan fingerprint density at radius 3 is 2.42 bits per heavy atom. The Morgan fingerprint density at radius 2 is 1.95 bits per heavy atom. The van der Waals surface area contributed by atoms with Crippen LogP contribution in [-0.4, -0.2) is 59.5 Å². The van der Waals surface area contributed by atoms with Crippen LogP contribution in [0.2, 0.25) is 0 Å². The Kier molecular flexibility index (Phi) is 5.08. The monoisotopic (exact) mass is 284 g/mol. The molecule has 0 fully saturated rings. The van der Waals surface area contributed by atoms with E-state index in [1.165, 1.54) is 21.1 Å². The molecule has 2 amide bonds. The summed E-state index contributed by atoms with van der Waals surface area (Å²) in [6, 6.07) is 3.53. The van der Waals surface area contributed by atoms with Gasteiger partial charge in [-0.25, -0.2) is 0 Å². The van der Waals surface area contributed by atoms with Gasteiger partial charge < -0.3 is 14.9 Å². The maximum atomic E-state index is 12.0. The van der Waals surface area contributed by atoms with Gasteiger partial charge in [0.05, 0.1) is 17.0 Å². The fourth-order valence-corrected chi connectivity index (χ4v) is 2.37. The van der Waals surface area contributed by atoms with Crippen LogP contribution in [0.3, 0.4) is 0 Å². The smallest absolute Gasteiger partial charge is 0.264 e. The topological polar surface area (TPSA) is 60.9 Å². The highest BCUT2D eigenvalue weighted by Gasteiger charge is 2.22. The van der Waals surface area contributed by atoms with Gasteiger partial charge in [0, 0.05) is 20.6 Å². The summed E-state index contributed by atoms with van der Waals surface area (Å²) in [7, 11) is 3.21. The summed E-state index contributed by atoms with van der Waals surface area (Å²) in [5, 5.41) is 11.5. The molecular formula is C13H20N2O3S. The Bertz CT molecular complexity index is 437. The number of amides is 2. The summed E-state index contributed by atoms with van der Waals surface area (Å²) in [4.78, 5) is 27.3. The molecule has 19 heavy (non-hydrogen) atoms. The summed E-state index contributed by atoms with van der Waals surface area (Å²) >= 11 is 1.35. The van der Waals surface area contributed by atoms with Gasteiger partial charge in [-0.2, -0.15) is 0 Å². The van der Waals surface area contributed by atoms with E-state index in [9.17, 15) is 14.7 Å². The quantitative estimate of drug-likeness (QED) is 0.879. The summed E-state index contributed by atoms with van der Waals surface area (Å²) in [5.74, 6) is -0.366. The molecule has 106 valence electrons. The fraction of sp³-hybridized carbons (Fsp3) is 0.538. The lowest BCUT2D eigenvalue weighted by Crippen LogP contribution is -2.44. The molecule has 0 bridgehead atoms. The predicted octanol–water partition coefficient (Wildman–Crippen LogP) is 1.05. The average Bonchev–Trinajstić information content (AvgIpc) is 2.78. The van der Waals surface area contributed by atoms with Crippen LogP contribution >= 0.6 is 11.3 Å². The van der Waals surface area contributed by atoms with E-state index in [4.69, 9.17) is 0 Å². The Balaban J connectivity index is 2.55. The van der Waals surface area contributed by atoms with Crippen LogP contribution in [0.1, 0.15) is 23.5 Å². The van der Waals surface area contributed by atoms with Gasteiger partial charge in [0.1, 0.15) is 0 Å². The lowest BCUT2D eigenvalue weighted by molar-refractivity contribution is -0.133. The molecule has 0 aliphatic rings. The van der Waals surface area contributed by atoms with Crippen LogP contribution < -0.4 is 0 Å². The zero-order valence-corrected chi connectivity index (χ0v) is 12.5. The number of rotatable bonds is 5. The van der Waals surface area contributed by atoms with Crippen molar-refractivity contribution in [2.75, 3.05) is 27.2 Å². The second-order valence-corrected chi connectivity index (χ2v) is 6.15. The number of likely N-dealkylation sites (N-methyl/N-ethyl adjacent to an activating group) is 2. The first kappa shape index (κ1) is 15.7. The van der Waals surface area contributed by atoms with E-state index < -0.39 is 5.60 Å². The normalized spacial score (nSPS) is 11.2. The average molecular weight is 284 g/mol. The van der Waals surface area contributed by atoms with E-state index in [-0.39, 0.29) is 24.9 Å². The van der Waals surface area contributed by atoms with Crippen LogP contribution in [0.4, 0.5) is 0 Å². The van der Waals surface area contributed by atoms with Gasteiger partial charge >= 0.3 is 0 Å². The molecule has 5 nitrogen and oxygen atoms in total. The van der Waals surface area contributed by atoms with Crippen molar-refractivity contribution in [1.29, 1.82) is 0 Å². The van der Waals surface area contributed by atoms with E-state index in [0.717, 1.165) is 0 Å². The third-order valence-electron chi connectivity index (χ3n) is 2.50. The number of hydrogen-bond donors (Lipinski definition) is 1. The second kappa shape index (κ2) is 6.16. The van der Waals surface area contributed by atoms with E-state index >= 15 is 0 Å². The highest BCUT2D eigenvalue weighted by molar-refractivity contribution is 7.12. The molecule has 1 heterocycles. The largest absolute Gasteiger partial charge is 0.389 e. The van der Waals surface area contributed by atoms with Gasteiger partial charge in [-0.05, 0) is 25.3 Å². The van der Waals surface area contributed by atoms with E-state index in [1.807, 2.05) is 5.38 Å². The van der Waals surface area contributed by atoms with Gasteiger partial charge in [-0.3, -0.25) is 9.59 Å². The fourth-order valence-electron chi connectivity index (χ4n) is 1.65. The van der Waals surface area contributed by atoms with Crippen molar-refractivity contribution in [3.05, 3.63) is 22.4 Å². The summed E-state index contributed by atoms with van der Waals surface area (Å²) in [6.45, 7) is 3.50. The van der Waals surface area contributed by atoms with Crippen molar-refractivity contribution in [3.8, 4) is 0 Å². The van der Waals surface area contributed by atoms with E-state index in [0.29, 0.717) is 4.88 Å². The minimum Gasteiger partial charge on any atom is -0.389 e. The number of carbonyl (C=O) groups is 2. The molecule has 0 saturated heterocycles. The molecule has 0 radical (unpaired) electrons. The number of nitrogens with zero attached hydrogens (tertiary/aromatic N) is 2. The minimum absolute atomic E-state index is 0.00329. The molecule has 0 saturated carbocycles. The third-order valence-corrected chi connectivity index (χ3v) is 3.36. The number of hydrogen-bond acceptors (Lipinski definition) is 4. The molecule has 0 aromatic carbocycles. The first-order valence-electron chi connectivity index (χ1n) is 5.96. The molecule has 1 aromatic heterocycles. The molecule has 1 aromatic rings. The van der Waals surface area contributed by atoms with Crippen LogP contribution in [0.25, 0.3) is 0 Å². The van der Waals surface area contributed by atoms with E-state index in [2.05, 4.69) is 0 Å². The molecule has 0 aliphatic heterocycles. The van der Waals surface area contributed by atoms with Crippen LogP contribution in [0.5, 0.6) is 0 Å². The van der Waals surface area contributed by atoms with Crippen LogP contribution in [0, 0.1) is 0 Å². The Morgan fingerprint density at radius 1 is 1.32 bits per heavy atom. The first-order chi connectivity index (χ1) is 8.70. The number of thiophene rings is 1. The Hall–Kier alpha value is -1.40. The maximum Gasteiger partial charge on any atom is 0.264 e. The lowest BCUT2D eigenvalue weighted by atomic mass is 10.1. The molecule has 0 spiro atoms. The summed E-state index contributed by atoms with van der Waals surface area (Å²) in [6.07, 6.45) is 0. The van der Waals surface area contributed by atoms with E-state index in [1.54, 1.807) is 40.1 Å². The van der Waals surface area contributed by atoms with Gasteiger partial charge in [0.25, 0.3) is 5.91 Å². The molecule has 1 N–H and O–H groups in total. The highest BCUT2D eigenvalue weighted by Crippen LogP contribution is 2.11. The molecule has 6 heteroatoms. The van der Waals surface area contributed by atoms with Crippen molar-refractivity contribution >= 4 is 23.2 Å². The summed E-state index contributed by atoms with van der Waals surface area (Å²) < 4.78 is 0. The zero-order chi connectivity index (χ0) is 14.6. The SMILES string of the molecule is CN(CC(C)(C)O)C(=O)CN(C)C(=O)c1cccs1. The van der Waals surface area contributed by atoms with Crippen molar-refractivity contribution in [3.63, 3.8) is 0 Å². The van der Waals surface area contributed by atoms with Gasteiger partial charge in [-0.1, -0.05) is 6.07 Å². The standard InChI is InChI=1S/C13H20N2O3S/c1-13(2,18)9-15(4)11(16)8-14(3)12(17)10-6-5-7-19-10/h5-7,18H,8-9H2,1-4H3. The van der Waals surface area contributed by atoms with Crippen molar-refractivity contribution < 1.29 is 14.7 Å². The number of aliphatic hydroxyl groups is 1. The van der Waals surface area contributed by atoms with Gasteiger partial charge in [0.15, 0.2) is 0 Å². The molecular weight excluding hydrogens is 264 g/mol. The van der Waals surface area contributed by atoms with Gasteiger partial charge in [0.2, 0.25) is 5.91 Å². The van der Waals surface area contributed by atoms with Crippen LogP contribution in [0.15, 0.2) is 17.5 Å². The molecule has 0 aliphatic carbocycles. The number of carbonyl (C=O) groups excluding carboxylic acids is 2. The van der Waals surface area contributed by atoms with Crippen molar-refractivity contribution in [1.82, 2.24) is 9.80 Å². The van der Waals surface area contributed by atoms with Gasteiger partial charge in [-0.15, -0.1) is 11.3 Å². The van der Waals surface area contributed by atoms with Crippen LogP contribution in [-0.2, 0) is 4.79 Å². The van der Waals surface area contributed by atoms with Crippen molar-refractivity contribution in [2.24, 2.45) is 0 Å².